The molecule has 9 heteroatoms. The molecule has 4 rings (SSSR count). The summed E-state index contributed by atoms with van der Waals surface area (Å²) in [5.41, 5.74) is 1.63. The Morgan fingerprint density at radius 2 is 1.90 bits per heavy atom. The molecule has 0 unspecified atom stereocenters. The zero-order valence-electron chi connectivity index (χ0n) is 15.9. The molecule has 3 aromatic rings. The number of esters is 1. The van der Waals surface area contributed by atoms with Gasteiger partial charge in [0.15, 0.2) is 0 Å². The Morgan fingerprint density at radius 3 is 2.63 bits per heavy atom. The van der Waals surface area contributed by atoms with E-state index in [1.807, 2.05) is 35.7 Å². The van der Waals surface area contributed by atoms with Crippen LogP contribution in [0.1, 0.15) is 18.5 Å². The van der Waals surface area contributed by atoms with Crippen LogP contribution in [-0.2, 0) is 26.2 Å². The summed E-state index contributed by atoms with van der Waals surface area (Å²) < 4.78 is 32.6. The minimum absolute atomic E-state index is 0.00744. The van der Waals surface area contributed by atoms with Crippen LogP contribution in [0.15, 0.2) is 64.9 Å². The van der Waals surface area contributed by atoms with Crippen molar-refractivity contribution < 1.29 is 17.9 Å². The fourth-order valence-corrected chi connectivity index (χ4v) is 5.92. The largest absolute Gasteiger partial charge is 0.458 e. The number of carbonyl (C=O) groups is 1. The van der Waals surface area contributed by atoms with E-state index in [1.54, 1.807) is 0 Å². The smallest absolute Gasteiger partial charge is 0.324 e. The van der Waals surface area contributed by atoms with Crippen molar-refractivity contribution in [3.8, 4) is 10.6 Å². The highest BCUT2D eigenvalue weighted by Crippen LogP contribution is 2.28. The molecule has 1 aliphatic rings. The summed E-state index contributed by atoms with van der Waals surface area (Å²) in [5.74, 6) is -0.556. The fraction of sp³-hybridized carbons (Fsp3) is 0.238. The van der Waals surface area contributed by atoms with Crippen molar-refractivity contribution in [1.82, 2.24) is 9.29 Å². The molecule has 0 bridgehead atoms. The third-order valence-electron chi connectivity index (χ3n) is 4.83. The monoisotopic (exact) mass is 462 g/mol. The van der Waals surface area contributed by atoms with Gasteiger partial charge in [0.1, 0.15) is 17.7 Å². The zero-order chi connectivity index (χ0) is 21.1. The van der Waals surface area contributed by atoms with Crippen molar-refractivity contribution in [1.29, 1.82) is 0 Å². The second-order valence-corrected chi connectivity index (χ2v) is 10.0. The Balaban J connectivity index is 1.43. The number of hydrogen-bond donors (Lipinski definition) is 0. The molecule has 2 heterocycles. The van der Waals surface area contributed by atoms with Gasteiger partial charge in [0.05, 0.1) is 10.6 Å². The highest BCUT2D eigenvalue weighted by molar-refractivity contribution is 7.89. The van der Waals surface area contributed by atoms with E-state index in [2.05, 4.69) is 4.98 Å². The van der Waals surface area contributed by atoms with Crippen LogP contribution in [0.3, 0.4) is 0 Å². The van der Waals surface area contributed by atoms with E-state index in [0.717, 1.165) is 10.6 Å². The van der Waals surface area contributed by atoms with Gasteiger partial charge in [-0.1, -0.05) is 41.9 Å². The van der Waals surface area contributed by atoms with Gasteiger partial charge in [-0.05, 0) is 37.1 Å². The first-order chi connectivity index (χ1) is 14.4. The number of halogens is 1. The molecule has 30 heavy (non-hydrogen) atoms. The number of carbonyl (C=O) groups excluding carboxylic acids is 1. The molecule has 0 spiro atoms. The number of hydrogen-bond acceptors (Lipinski definition) is 6. The first-order valence-corrected chi connectivity index (χ1v) is 12.1. The molecule has 0 radical (unpaired) electrons. The molecule has 1 fully saturated rings. The lowest BCUT2D eigenvalue weighted by molar-refractivity contribution is -0.148. The SMILES string of the molecule is O=C(OCc1csc(-c2ccccc2)n1)[C@@H]1CCCN1S(=O)(=O)c1ccc(Cl)cc1. The summed E-state index contributed by atoms with van der Waals surface area (Å²) in [6, 6.07) is 14.8. The van der Waals surface area contributed by atoms with E-state index in [-0.39, 0.29) is 18.0 Å². The lowest BCUT2D eigenvalue weighted by atomic mass is 10.2. The highest BCUT2D eigenvalue weighted by atomic mass is 35.5. The summed E-state index contributed by atoms with van der Waals surface area (Å²) in [4.78, 5) is 17.3. The van der Waals surface area contributed by atoms with E-state index in [1.165, 1.54) is 39.9 Å². The zero-order valence-corrected chi connectivity index (χ0v) is 18.3. The maximum atomic E-state index is 13.0. The van der Waals surface area contributed by atoms with Gasteiger partial charge in [0.2, 0.25) is 10.0 Å². The van der Waals surface area contributed by atoms with E-state index >= 15 is 0 Å². The van der Waals surface area contributed by atoms with Crippen LogP contribution in [0.25, 0.3) is 10.6 Å². The maximum absolute atomic E-state index is 13.0. The van der Waals surface area contributed by atoms with Crippen molar-refractivity contribution in [3.05, 3.63) is 70.7 Å². The molecule has 1 aliphatic heterocycles. The second-order valence-electron chi connectivity index (χ2n) is 6.85. The third kappa shape index (κ3) is 4.41. The number of ether oxygens (including phenoxy) is 1. The molecule has 0 amide bonds. The Labute approximate surface area is 184 Å². The van der Waals surface area contributed by atoms with Crippen molar-refractivity contribution in [3.63, 3.8) is 0 Å². The number of thiazole rings is 1. The van der Waals surface area contributed by atoms with Crippen LogP contribution in [0.5, 0.6) is 0 Å². The summed E-state index contributed by atoms with van der Waals surface area (Å²) in [7, 11) is -3.80. The molecule has 1 aromatic heterocycles. The highest BCUT2D eigenvalue weighted by Gasteiger charge is 2.40. The van der Waals surface area contributed by atoms with Crippen LogP contribution < -0.4 is 0 Å². The summed E-state index contributed by atoms with van der Waals surface area (Å²) in [6.45, 7) is 0.285. The number of sulfonamides is 1. The van der Waals surface area contributed by atoms with Gasteiger partial charge in [0.25, 0.3) is 0 Å². The molecule has 156 valence electrons. The van der Waals surface area contributed by atoms with Gasteiger partial charge in [-0.3, -0.25) is 4.79 Å². The van der Waals surface area contributed by atoms with Crippen LogP contribution in [0, 0.1) is 0 Å². The fourth-order valence-electron chi connectivity index (χ4n) is 3.33. The lowest BCUT2D eigenvalue weighted by Crippen LogP contribution is -2.41. The molecule has 0 aliphatic carbocycles. The van der Waals surface area contributed by atoms with Gasteiger partial charge in [-0.25, -0.2) is 13.4 Å². The van der Waals surface area contributed by atoms with E-state index < -0.39 is 22.0 Å². The molecule has 2 aromatic carbocycles. The Morgan fingerprint density at radius 1 is 1.17 bits per heavy atom. The van der Waals surface area contributed by atoms with Crippen LogP contribution in [0.4, 0.5) is 0 Å². The molecule has 6 nitrogen and oxygen atoms in total. The molecular formula is C21H19ClN2O4S2. The van der Waals surface area contributed by atoms with Gasteiger partial charge in [-0.2, -0.15) is 4.31 Å². The first kappa shape index (κ1) is 21.0. The van der Waals surface area contributed by atoms with Crippen LogP contribution in [0.2, 0.25) is 5.02 Å². The average molecular weight is 463 g/mol. The lowest BCUT2D eigenvalue weighted by Gasteiger charge is -2.22. The quantitative estimate of drug-likeness (QED) is 0.509. The van der Waals surface area contributed by atoms with E-state index in [0.29, 0.717) is 23.6 Å². The Bertz CT molecular complexity index is 1130. The predicted octanol–water partition coefficient (Wildman–Crippen LogP) is 4.36. The molecule has 0 saturated carbocycles. The van der Waals surface area contributed by atoms with Gasteiger partial charge < -0.3 is 4.74 Å². The molecule has 1 saturated heterocycles. The van der Waals surface area contributed by atoms with Crippen molar-refractivity contribution in [2.75, 3.05) is 6.54 Å². The molecule has 0 N–H and O–H groups in total. The average Bonchev–Trinajstić information content (AvgIpc) is 3.43. The second kappa shape index (κ2) is 8.85. The summed E-state index contributed by atoms with van der Waals surface area (Å²) in [6.07, 6.45) is 1.03. The minimum Gasteiger partial charge on any atom is -0.458 e. The summed E-state index contributed by atoms with van der Waals surface area (Å²) >= 11 is 7.32. The Kier molecular flexibility index (Phi) is 6.19. The topological polar surface area (TPSA) is 76.6 Å². The first-order valence-electron chi connectivity index (χ1n) is 9.39. The van der Waals surface area contributed by atoms with E-state index in [4.69, 9.17) is 16.3 Å². The van der Waals surface area contributed by atoms with Crippen molar-refractivity contribution in [2.45, 2.75) is 30.4 Å². The maximum Gasteiger partial charge on any atom is 0.324 e. The van der Waals surface area contributed by atoms with Crippen LogP contribution >= 0.6 is 22.9 Å². The number of rotatable bonds is 6. The number of nitrogens with zero attached hydrogens (tertiary/aromatic N) is 2. The van der Waals surface area contributed by atoms with Gasteiger partial charge in [-0.15, -0.1) is 11.3 Å². The van der Waals surface area contributed by atoms with Crippen molar-refractivity contribution in [2.24, 2.45) is 0 Å². The number of aromatic nitrogens is 1. The molecular weight excluding hydrogens is 444 g/mol. The number of benzene rings is 2. The third-order valence-corrected chi connectivity index (χ3v) is 7.95. The van der Waals surface area contributed by atoms with E-state index in [9.17, 15) is 13.2 Å². The standard InChI is InChI=1S/C21H19ClN2O4S2/c22-16-8-10-18(11-9-16)30(26,27)24-12-4-7-19(24)21(25)28-13-17-14-29-20(23-17)15-5-2-1-3-6-15/h1-3,5-6,8-11,14,19H,4,7,12-13H2/t19-/m0/s1. The van der Waals surface area contributed by atoms with Gasteiger partial charge in [0, 0.05) is 22.5 Å². The minimum atomic E-state index is -3.80. The van der Waals surface area contributed by atoms with Crippen molar-refractivity contribution >= 4 is 38.9 Å². The molecule has 1 atom stereocenters. The van der Waals surface area contributed by atoms with Crippen LogP contribution in [-0.4, -0.2) is 36.3 Å². The van der Waals surface area contributed by atoms with Gasteiger partial charge >= 0.3 is 5.97 Å². The Hall–Kier alpha value is -2.26. The summed E-state index contributed by atoms with van der Waals surface area (Å²) in [5, 5.41) is 3.13. The predicted molar refractivity (Wildman–Crippen MR) is 116 cm³/mol. The normalized spacial score (nSPS) is 17.2.